The van der Waals surface area contributed by atoms with Crippen molar-refractivity contribution in [2.45, 2.75) is 47.0 Å². The van der Waals surface area contributed by atoms with Crippen molar-refractivity contribution in [1.29, 1.82) is 0 Å². The highest BCUT2D eigenvalue weighted by Crippen LogP contribution is 2.18. The lowest BCUT2D eigenvalue weighted by Gasteiger charge is -2.09. The van der Waals surface area contributed by atoms with Crippen molar-refractivity contribution in [3.63, 3.8) is 0 Å². The fourth-order valence-corrected chi connectivity index (χ4v) is 2.11. The SMILES string of the molecule is CC.CCC(CC)Cc1cccs1.CN. The molecule has 0 amide bonds. The van der Waals surface area contributed by atoms with Gasteiger partial charge in [-0.25, -0.2) is 0 Å². The van der Waals surface area contributed by atoms with Gasteiger partial charge in [0, 0.05) is 4.88 Å². The monoisotopic (exact) mass is 229 g/mol. The first kappa shape index (κ1) is 17.1. The van der Waals surface area contributed by atoms with Gasteiger partial charge in [0.2, 0.25) is 0 Å². The first-order chi connectivity index (χ1) is 7.36. The molecule has 1 aromatic heterocycles. The number of hydrogen-bond acceptors (Lipinski definition) is 2. The van der Waals surface area contributed by atoms with Crippen molar-refractivity contribution < 1.29 is 0 Å². The molecule has 0 spiro atoms. The topological polar surface area (TPSA) is 26.0 Å². The van der Waals surface area contributed by atoms with E-state index in [-0.39, 0.29) is 0 Å². The summed E-state index contributed by atoms with van der Waals surface area (Å²) < 4.78 is 0. The first-order valence-electron chi connectivity index (χ1n) is 5.97. The maximum atomic E-state index is 4.50. The Morgan fingerprint density at radius 3 is 2.07 bits per heavy atom. The van der Waals surface area contributed by atoms with Crippen LogP contribution in [0.5, 0.6) is 0 Å². The van der Waals surface area contributed by atoms with Crippen molar-refractivity contribution in [2.75, 3.05) is 7.05 Å². The fourth-order valence-electron chi connectivity index (χ4n) is 1.29. The molecule has 0 aliphatic rings. The molecule has 0 aromatic carbocycles. The van der Waals surface area contributed by atoms with E-state index in [0.29, 0.717) is 0 Å². The van der Waals surface area contributed by atoms with Crippen LogP contribution in [-0.2, 0) is 6.42 Å². The van der Waals surface area contributed by atoms with Crippen molar-refractivity contribution >= 4 is 11.3 Å². The molecule has 0 atom stereocenters. The van der Waals surface area contributed by atoms with Gasteiger partial charge in [0.15, 0.2) is 0 Å². The lowest BCUT2D eigenvalue weighted by molar-refractivity contribution is 0.494. The van der Waals surface area contributed by atoms with Gasteiger partial charge in [-0.1, -0.05) is 46.6 Å². The molecule has 0 unspecified atom stereocenters. The van der Waals surface area contributed by atoms with Crippen LogP contribution in [0, 0.1) is 5.92 Å². The van der Waals surface area contributed by atoms with E-state index < -0.39 is 0 Å². The standard InChI is InChI=1S/C10H16S.C2H6.CH5N/c1-3-9(4-2)8-10-6-5-7-11-10;2*1-2/h5-7,9H,3-4,8H2,1-2H3;1-2H3;2H2,1H3. The maximum Gasteiger partial charge on any atom is 0.00479 e. The van der Waals surface area contributed by atoms with Crippen LogP contribution < -0.4 is 5.73 Å². The van der Waals surface area contributed by atoms with Gasteiger partial charge < -0.3 is 5.73 Å². The van der Waals surface area contributed by atoms with Gasteiger partial charge in [-0.3, -0.25) is 0 Å². The molecule has 0 fully saturated rings. The molecule has 1 aromatic rings. The average molecular weight is 229 g/mol. The van der Waals surface area contributed by atoms with Crippen LogP contribution in [0.3, 0.4) is 0 Å². The number of thiophene rings is 1. The summed E-state index contributed by atoms with van der Waals surface area (Å²) >= 11 is 1.88. The molecule has 0 saturated carbocycles. The second-order valence-corrected chi connectivity index (χ2v) is 4.00. The highest BCUT2D eigenvalue weighted by molar-refractivity contribution is 7.09. The van der Waals surface area contributed by atoms with E-state index in [0.717, 1.165) is 5.92 Å². The van der Waals surface area contributed by atoms with E-state index in [1.807, 2.05) is 25.2 Å². The molecule has 15 heavy (non-hydrogen) atoms. The van der Waals surface area contributed by atoms with Gasteiger partial charge in [-0.15, -0.1) is 11.3 Å². The highest BCUT2D eigenvalue weighted by atomic mass is 32.1. The van der Waals surface area contributed by atoms with E-state index >= 15 is 0 Å². The minimum Gasteiger partial charge on any atom is -0.333 e. The molecule has 1 nitrogen and oxygen atoms in total. The molecule has 0 aliphatic carbocycles. The lowest BCUT2D eigenvalue weighted by Crippen LogP contribution is -1.99. The third-order valence-electron chi connectivity index (χ3n) is 2.22. The summed E-state index contributed by atoms with van der Waals surface area (Å²) in [5.41, 5.74) is 4.50. The minimum atomic E-state index is 0.897. The van der Waals surface area contributed by atoms with Crippen LogP contribution in [0.2, 0.25) is 0 Å². The Balaban J connectivity index is 0. The molecule has 2 heteroatoms. The molecule has 0 radical (unpaired) electrons. The summed E-state index contributed by atoms with van der Waals surface area (Å²) in [4.78, 5) is 1.54. The summed E-state index contributed by atoms with van der Waals surface area (Å²) in [6, 6.07) is 4.38. The Morgan fingerprint density at radius 2 is 1.73 bits per heavy atom. The molecular weight excluding hydrogens is 202 g/mol. The zero-order valence-corrected chi connectivity index (χ0v) is 11.7. The summed E-state index contributed by atoms with van der Waals surface area (Å²) in [6.45, 7) is 8.56. The Hall–Kier alpha value is -0.340. The van der Waals surface area contributed by atoms with Crippen molar-refractivity contribution in [2.24, 2.45) is 11.7 Å². The van der Waals surface area contributed by atoms with Crippen LogP contribution in [0.15, 0.2) is 17.5 Å². The second kappa shape index (κ2) is 13.7. The number of rotatable bonds is 4. The summed E-state index contributed by atoms with van der Waals surface area (Å²) in [5.74, 6) is 0.897. The molecule has 1 rings (SSSR count). The van der Waals surface area contributed by atoms with Crippen molar-refractivity contribution in [1.82, 2.24) is 0 Å². The summed E-state index contributed by atoms with van der Waals surface area (Å²) in [5, 5.41) is 2.16. The van der Waals surface area contributed by atoms with Crippen LogP contribution in [0.25, 0.3) is 0 Å². The zero-order valence-electron chi connectivity index (χ0n) is 10.9. The van der Waals surface area contributed by atoms with Crippen LogP contribution in [-0.4, -0.2) is 7.05 Å². The zero-order chi connectivity index (χ0) is 12.1. The van der Waals surface area contributed by atoms with Crippen molar-refractivity contribution in [3.05, 3.63) is 22.4 Å². The Labute approximate surface area is 99.7 Å². The van der Waals surface area contributed by atoms with E-state index in [1.54, 1.807) is 4.88 Å². The third-order valence-corrected chi connectivity index (χ3v) is 3.12. The molecule has 0 aliphatic heterocycles. The minimum absolute atomic E-state index is 0.897. The molecule has 90 valence electrons. The van der Waals surface area contributed by atoms with Crippen LogP contribution in [0.1, 0.15) is 45.4 Å². The summed E-state index contributed by atoms with van der Waals surface area (Å²) in [7, 11) is 1.50. The van der Waals surface area contributed by atoms with Crippen LogP contribution >= 0.6 is 11.3 Å². The number of nitrogens with two attached hydrogens (primary N) is 1. The molecule has 0 saturated heterocycles. The van der Waals surface area contributed by atoms with Gasteiger partial charge in [0.1, 0.15) is 0 Å². The quantitative estimate of drug-likeness (QED) is 0.817. The van der Waals surface area contributed by atoms with Gasteiger partial charge in [-0.2, -0.15) is 0 Å². The van der Waals surface area contributed by atoms with E-state index in [9.17, 15) is 0 Å². The van der Waals surface area contributed by atoms with Gasteiger partial charge in [0.25, 0.3) is 0 Å². The average Bonchev–Trinajstić information content (AvgIpc) is 2.84. The first-order valence-corrected chi connectivity index (χ1v) is 6.84. The van der Waals surface area contributed by atoms with Gasteiger partial charge in [0.05, 0.1) is 0 Å². The Kier molecular flexibility index (Phi) is 15.5. The number of hydrogen-bond donors (Lipinski definition) is 1. The highest BCUT2D eigenvalue weighted by Gasteiger charge is 2.04. The van der Waals surface area contributed by atoms with Crippen LogP contribution in [0.4, 0.5) is 0 Å². The largest absolute Gasteiger partial charge is 0.333 e. The smallest absolute Gasteiger partial charge is 0.00479 e. The van der Waals surface area contributed by atoms with E-state index in [1.165, 1.54) is 26.3 Å². The Bertz CT molecular complexity index is 178. The van der Waals surface area contributed by atoms with Gasteiger partial charge >= 0.3 is 0 Å². The normalized spacial score (nSPS) is 8.73. The van der Waals surface area contributed by atoms with E-state index in [2.05, 4.69) is 37.1 Å². The predicted molar refractivity (Wildman–Crippen MR) is 73.6 cm³/mol. The van der Waals surface area contributed by atoms with E-state index in [4.69, 9.17) is 0 Å². The second-order valence-electron chi connectivity index (χ2n) is 2.97. The molecular formula is C13H27NS. The molecule has 1 heterocycles. The predicted octanol–water partition coefficient (Wildman–Crippen LogP) is 4.33. The van der Waals surface area contributed by atoms with Gasteiger partial charge in [-0.05, 0) is 30.8 Å². The van der Waals surface area contributed by atoms with Crippen molar-refractivity contribution in [3.8, 4) is 0 Å². The molecule has 2 N–H and O–H groups in total. The maximum absolute atomic E-state index is 4.50. The molecule has 0 bridgehead atoms. The summed E-state index contributed by atoms with van der Waals surface area (Å²) in [6.07, 6.45) is 3.91. The fraction of sp³-hybridized carbons (Fsp3) is 0.692. The Morgan fingerprint density at radius 1 is 1.20 bits per heavy atom. The lowest BCUT2D eigenvalue weighted by atomic mass is 9.99. The third kappa shape index (κ3) is 8.64.